The summed E-state index contributed by atoms with van der Waals surface area (Å²) < 4.78 is 35.4. The van der Waals surface area contributed by atoms with E-state index < -0.39 is 10.1 Å². The molecule has 0 fully saturated rings. The van der Waals surface area contributed by atoms with Gasteiger partial charge in [-0.2, -0.15) is 13.5 Å². The number of nitrogens with zero attached hydrogens (tertiary/aromatic N) is 1. The van der Waals surface area contributed by atoms with Crippen molar-refractivity contribution in [3.8, 4) is 11.5 Å². The fraction of sp³-hybridized carbons (Fsp3) is 0.0500. The van der Waals surface area contributed by atoms with E-state index >= 15 is 0 Å². The van der Waals surface area contributed by atoms with Crippen LogP contribution in [0.3, 0.4) is 0 Å². The molecule has 0 saturated carbocycles. The third-order valence-corrected chi connectivity index (χ3v) is 5.17. The van der Waals surface area contributed by atoms with E-state index in [4.69, 9.17) is 20.5 Å². The van der Waals surface area contributed by atoms with Crippen LogP contribution < -0.4 is 14.3 Å². The monoisotopic (exact) mass is 416 g/mol. The van der Waals surface area contributed by atoms with Crippen molar-refractivity contribution in [1.82, 2.24) is 0 Å². The summed E-state index contributed by atoms with van der Waals surface area (Å²) in [5.74, 6) is 0.340. The van der Waals surface area contributed by atoms with Gasteiger partial charge in [-0.1, -0.05) is 29.8 Å². The summed E-state index contributed by atoms with van der Waals surface area (Å²) >= 11 is 5.79. The maximum absolute atomic E-state index is 12.4. The summed E-state index contributed by atoms with van der Waals surface area (Å²) in [7, 11) is -2.58. The molecule has 3 aromatic carbocycles. The maximum atomic E-state index is 12.4. The first kappa shape index (κ1) is 19.7. The molecule has 28 heavy (non-hydrogen) atoms. The number of rotatable bonds is 7. The molecule has 0 unspecified atom stereocenters. The lowest BCUT2D eigenvalue weighted by atomic mass is 10.2. The van der Waals surface area contributed by atoms with Gasteiger partial charge >= 0.3 is 10.1 Å². The predicted molar refractivity (Wildman–Crippen MR) is 110 cm³/mol. The molecule has 6 nitrogen and oxygen atoms in total. The molecule has 8 heteroatoms. The Bertz CT molecular complexity index is 1070. The van der Waals surface area contributed by atoms with E-state index in [1.165, 1.54) is 37.4 Å². The highest BCUT2D eigenvalue weighted by Gasteiger charge is 2.19. The SMILES string of the molecule is COc1cc(/C=N\Nc2ccccc2)ccc1OS(=O)(=O)c1ccc(Cl)cc1. The standard InChI is InChI=1S/C20H17ClN2O4S/c1-26-20-13-15(14-22-23-17-5-3-2-4-6-17)7-12-19(20)27-28(24,25)18-10-8-16(21)9-11-18/h2-14,23H,1H3/b22-14-. The number of hydrogen-bond donors (Lipinski definition) is 1. The first-order chi connectivity index (χ1) is 13.5. The van der Waals surface area contributed by atoms with Gasteiger partial charge in [-0.3, -0.25) is 5.43 Å². The molecule has 0 radical (unpaired) electrons. The van der Waals surface area contributed by atoms with E-state index in [2.05, 4.69) is 10.5 Å². The lowest BCUT2D eigenvalue weighted by molar-refractivity contribution is 0.390. The number of hydrogen-bond acceptors (Lipinski definition) is 6. The number of halogens is 1. The van der Waals surface area contributed by atoms with Crippen LogP contribution in [0.25, 0.3) is 0 Å². The first-order valence-electron chi connectivity index (χ1n) is 8.20. The van der Waals surface area contributed by atoms with Gasteiger partial charge in [0.15, 0.2) is 11.5 Å². The van der Waals surface area contributed by atoms with E-state index in [1.54, 1.807) is 18.3 Å². The number of benzene rings is 3. The normalized spacial score (nSPS) is 11.4. The van der Waals surface area contributed by atoms with Crippen LogP contribution in [0.1, 0.15) is 5.56 Å². The van der Waals surface area contributed by atoms with Crippen LogP contribution >= 0.6 is 11.6 Å². The van der Waals surface area contributed by atoms with E-state index in [1.807, 2.05) is 30.3 Å². The average Bonchev–Trinajstić information content (AvgIpc) is 2.70. The minimum Gasteiger partial charge on any atom is -0.493 e. The molecule has 0 heterocycles. The van der Waals surface area contributed by atoms with E-state index in [0.29, 0.717) is 10.6 Å². The largest absolute Gasteiger partial charge is 0.493 e. The zero-order valence-electron chi connectivity index (χ0n) is 14.9. The Morgan fingerprint density at radius 3 is 2.36 bits per heavy atom. The Morgan fingerprint density at radius 1 is 0.964 bits per heavy atom. The van der Waals surface area contributed by atoms with E-state index in [9.17, 15) is 8.42 Å². The van der Waals surface area contributed by atoms with Gasteiger partial charge < -0.3 is 8.92 Å². The lowest BCUT2D eigenvalue weighted by Crippen LogP contribution is -2.10. The van der Waals surface area contributed by atoms with Crippen LogP contribution in [0, 0.1) is 0 Å². The fourth-order valence-corrected chi connectivity index (χ4v) is 3.36. The molecule has 0 aliphatic carbocycles. The summed E-state index contributed by atoms with van der Waals surface area (Å²) in [5, 5.41) is 4.58. The zero-order chi connectivity index (χ0) is 20.0. The third-order valence-electron chi connectivity index (χ3n) is 3.67. The van der Waals surface area contributed by atoms with Crippen molar-refractivity contribution in [2.45, 2.75) is 4.90 Å². The lowest BCUT2D eigenvalue weighted by Gasteiger charge is -2.11. The summed E-state index contributed by atoms with van der Waals surface area (Å²) in [5.41, 5.74) is 4.45. The molecule has 0 aromatic heterocycles. The fourth-order valence-electron chi connectivity index (χ4n) is 2.29. The highest BCUT2D eigenvalue weighted by atomic mass is 35.5. The molecule has 1 N–H and O–H groups in total. The Kier molecular flexibility index (Phi) is 6.18. The minimum absolute atomic E-state index is 0.00310. The topological polar surface area (TPSA) is 77.0 Å². The minimum atomic E-state index is -4.01. The first-order valence-corrected chi connectivity index (χ1v) is 9.99. The summed E-state index contributed by atoms with van der Waals surface area (Å²) in [6.45, 7) is 0. The van der Waals surface area contributed by atoms with Gasteiger partial charge in [0.2, 0.25) is 0 Å². The molecule has 0 bridgehead atoms. The second-order valence-corrected chi connectivity index (χ2v) is 7.62. The second kappa shape index (κ2) is 8.77. The van der Waals surface area contributed by atoms with E-state index in [0.717, 1.165) is 5.69 Å². The Labute approximate surface area is 168 Å². The number of anilines is 1. The molecule has 144 valence electrons. The molecule has 0 aliphatic rings. The van der Waals surface area contributed by atoms with Crippen LogP contribution in [-0.2, 0) is 10.1 Å². The van der Waals surface area contributed by atoms with Gasteiger partial charge in [-0.15, -0.1) is 0 Å². The predicted octanol–water partition coefficient (Wildman–Crippen LogP) is 4.56. The summed E-state index contributed by atoms with van der Waals surface area (Å²) in [4.78, 5) is -0.00310. The molecule has 0 amide bonds. The number of methoxy groups -OCH3 is 1. The summed E-state index contributed by atoms with van der Waals surface area (Å²) in [6, 6.07) is 20.0. The number of para-hydroxylation sites is 1. The number of ether oxygens (including phenoxy) is 1. The highest BCUT2D eigenvalue weighted by Crippen LogP contribution is 2.30. The van der Waals surface area contributed by atoms with Crippen molar-refractivity contribution in [3.05, 3.63) is 83.4 Å². The van der Waals surface area contributed by atoms with Gasteiger partial charge in [-0.05, 0) is 60.2 Å². The van der Waals surface area contributed by atoms with Gasteiger partial charge in [-0.25, -0.2) is 0 Å². The number of nitrogens with one attached hydrogen (secondary N) is 1. The Morgan fingerprint density at radius 2 is 1.68 bits per heavy atom. The smallest absolute Gasteiger partial charge is 0.339 e. The van der Waals surface area contributed by atoms with E-state index in [-0.39, 0.29) is 16.4 Å². The third kappa shape index (κ3) is 5.03. The molecule has 0 atom stereocenters. The van der Waals surface area contributed by atoms with Crippen molar-refractivity contribution in [1.29, 1.82) is 0 Å². The average molecular weight is 417 g/mol. The molecular formula is C20H17ClN2O4S. The van der Waals surface area contributed by atoms with Crippen LogP contribution in [0.2, 0.25) is 5.02 Å². The van der Waals surface area contributed by atoms with Crippen molar-refractivity contribution in [2.75, 3.05) is 12.5 Å². The van der Waals surface area contributed by atoms with Crippen LogP contribution in [0.5, 0.6) is 11.5 Å². The molecule has 0 spiro atoms. The Balaban J connectivity index is 1.76. The van der Waals surface area contributed by atoms with Gasteiger partial charge in [0, 0.05) is 5.02 Å². The van der Waals surface area contributed by atoms with Gasteiger partial charge in [0.05, 0.1) is 19.0 Å². The number of hydrazone groups is 1. The highest BCUT2D eigenvalue weighted by molar-refractivity contribution is 7.87. The van der Waals surface area contributed by atoms with Gasteiger partial charge in [0.1, 0.15) is 4.90 Å². The van der Waals surface area contributed by atoms with Crippen LogP contribution in [0.4, 0.5) is 5.69 Å². The second-order valence-electron chi connectivity index (χ2n) is 5.64. The molecular weight excluding hydrogens is 400 g/mol. The molecule has 0 saturated heterocycles. The van der Waals surface area contributed by atoms with Crippen molar-refractivity contribution in [3.63, 3.8) is 0 Å². The van der Waals surface area contributed by atoms with Crippen molar-refractivity contribution in [2.24, 2.45) is 5.10 Å². The molecule has 3 aromatic rings. The quantitative estimate of drug-likeness (QED) is 0.347. The van der Waals surface area contributed by atoms with Crippen LogP contribution in [-0.4, -0.2) is 21.7 Å². The van der Waals surface area contributed by atoms with Crippen molar-refractivity contribution >= 4 is 33.6 Å². The summed E-state index contributed by atoms with van der Waals surface area (Å²) in [6.07, 6.45) is 1.59. The van der Waals surface area contributed by atoms with Crippen LogP contribution in [0.15, 0.2) is 82.8 Å². The zero-order valence-corrected chi connectivity index (χ0v) is 16.4. The maximum Gasteiger partial charge on any atom is 0.339 e. The van der Waals surface area contributed by atoms with Crippen molar-refractivity contribution < 1.29 is 17.3 Å². The molecule has 0 aliphatic heterocycles. The Hall–Kier alpha value is -3.03. The molecule has 3 rings (SSSR count). The van der Waals surface area contributed by atoms with Gasteiger partial charge in [0.25, 0.3) is 0 Å².